The highest BCUT2D eigenvalue weighted by molar-refractivity contribution is 7.88. The lowest BCUT2D eigenvalue weighted by Crippen LogP contribution is -2.47. The van der Waals surface area contributed by atoms with E-state index in [0.717, 1.165) is 65.2 Å². The average Bonchev–Trinajstić information content (AvgIpc) is 3.49. The van der Waals surface area contributed by atoms with Gasteiger partial charge in [0.25, 0.3) is 0 Å². The van der Waals surface area contributed by atoms with Gasteiger partial charge in [0.2, 0.25) is 0 Å². The molecule has 4 aromatic rings. The molecule has 1 atom stereocenters. The lowest BCUT2D eigenvalue weighted by Gasteiger charge is -2.31. The minimum atomic E-state index is -2.89. The van der Waals surface area contributed by atoms with Crippen molar-refractivity contribution in [1.29, 1.82) is 0 Å². The van der Waals surface area contributed by atoms with Crippen molar-refractivity contribution in [3.8, 4) is 11.4 Å². The Bertz CT molecular complexity index is 1520. The zero-order valence-corrected chi connectivity index (χ0v) is 22.1. The van der Waals surface area contributed by atoms with Crippen molar-refractivity contribution in [3.63, 3.8) is 0 Å². The van der Waals surface area contributed by atoms with Gasteiger partial charge in [-0.25, -0.2) is 14.2 Å². The summed E-state index contributed by atoms with van der Waals surface area (Å²) >= 11 is 1.77. The van der Waals surface area contributed by atoms with Crippen LogP contribution in [0, 0.1) is 6.92 Å². The highest BCUT2D eigenvalue weighted by Gasteiger charge is 2.28. The third-order valence-electron chi connectivity index (χ3n) is 7.06. The predicted octanol–water partition coefficient (Wildman–Crippen LogP) is 2.61. The van der Waals surface area contributed by atoms with Gasteiger partial charge in [0.1, 0.15) is 6.26 Å². The van der Waals surface area contributed by atoms with Gasteiger partial charge >= 0.3 is 10.0 Å². The topological polar surface area (TPSA) is 112 Å². The Morgan fingerprint density at radius 1 is 1.14 bits per heavy atom. The second-order valence-electron chi connectivity index (χ2n) is 9.40. The van der Waals surface area contributed by atoms with E-state index in [1.54, 1.807) is 15.6 Å². The summed E-state index contributed by atoms with van der Waals surface area (Å²) < 4.78 is 30.3. The molecule has 2 N–H and O–H groups in total. The fraction of sp³-hybridized carbons (Fsp3) is 0.458. The minimum Gasteiger partial charge on any atom is -0.378 e. The van der Waals surface area contributed by atoms with Gasteiger partial charge in [0, 0.05) is 61.6 Å². The van der Waals surface area contributed by atoms with Crippen molar-refractivity contribution in [3.05, 3.63) is 34.8 Å². The van der Waals surface area contributed by atoms with E-state index >= 15 is 0 Å². The molecule has 0 saturated carbocycles. The van der Waals surface area contributed by atoms with Crippen molar-refractivity contribution in [2.24, 2.45) is 0 Å². The Labute approximate surface area is 213 Å². The second kappa shape index (κ2) is 9.34. The van der Waals surface area contributed by atoms with Crippen LogP contribution in [0.3, 0.4) is 0 Å². The molecule has 2 aliphatic heterocycles. The molecule has 6 rings (SSSR count). The summed E-state index contributed by atoms with van der Waals surface area (Å²) in [6.45, 7) is 8.61. The molecule has 3 aromatic heterocycles. The summed E-state index contributed by atoms with van der Waals surface area (Å²) in [7, 11) is -2.89. The number of aromatic nitrogens is 4. The largest absolute Gasteiger partial charge is 0.378 e. The maximum atomic E-state index is 12.0. The van der Waals surface area contributed by atoms with E-state index < -0.39 is 10.0 Å². The van der Waals surface area contributed by atoms with Gasteiger partial charge in [-0.2, -0.15) is 13.6 Å². The summed E-state index contributed by atoms with van der Waals surface area (Å²) in [5.41, 5.74) is 4.10. The summed E-state index contributed by atoms with van der Waals surface area (Å²) in [5.74, 6) is 1.67. The summed E-state index contributed by atoms with van der Waals surface area (Å²) in [5, 5.41) is 8.27. The smallest absolute Gasteiger partial charge is 0.342 e. The zero-order chi connectivity index (χ0) is 24.9. The molecular formula is C24H30N7O3S2+. The number of nitrogens with one attached hydrogen (secondary N) is 1. The van der Waals surface area contributed by atoms with Crippen LogP contribution in [0.15, 0.2) is 24.4 Å². The summed E-state index contributed by atoms with van der Waals surface area (Å²) in [4.78, 5) is 16.1. The SMILES string of the molecule is Cc1c(CN2CCN(S(C)(=O)=[OH+])CC2)sc2c(N3CCOCC3)nc(-c3cccc4[nH]ncc34)nc12. The van der Waals surface area contributed by atoms with Crippen LogP contribution in [-0.2, 0) is 21.3 Å². The Morgan fingerprint density at radius 2 is 1.92 bits per heavy atom. The molecule has 2 fully saturated rings. The third-order valence-corrected chi connectivity index (χ3v) is 9.65. The first-order valence-electron chi connectivity index (χ1n) is 12.1. The molecule has 5 heterocycles. The molecule has 1 aromatic carbocycles. The number of anilines is 1. The molecule has 0 spiro atoms. The molecule has 1 unspecified atom stereocenters. The maximum Gasteiger partial charge on any atom is 0.342 e. The Morgan fingerprint density at radius 3 is 2.67 bits per heavy atom. The van der Waals surface area contributed by atoms with E-state index in [-0.39, 0.29) is 0 Å². The number of aryl methyl sites for hydroxylation is 1. The third kappa shape index (κ3) is 4.37. The molecule has 0 radical (unpaired) electrons. The van der Waals surface area contributed by atoms with Crippen LogP contribution in [-0.4, -0.2) is 96.5 Å². The van der Waals surface area contributed by atoms with Gasteiger partial charge in [-0.15, -0.1) is 11.3 Å². The number of ether oxygens (including phenoxy) is 1. The molecular weight excluding hydrogens is 498 g/mol. The first-order valence-corrected chi connectivity index (χ1v) is 14.8. The second-order valence-corrected chi connectivity index (χ2v) is 12.5. The van der Waals surface area contributed by atoms with E-state index in [1.807, 2.05) is 18.3 Å². The highest BCUT2D eigenvalue weighted by Crippen LogP contribution is 2.39. The van der Waals surface area contributed by atoms with Gasteiger partial charge in [-0.3, -0.25) is 10.00 Å². The van der Waals surface area contributed by atoms with Crippen LogP contribution in [0.2, 0.25) is 0 Å². The van der Waals surface area contributed by atoms with Gasteiger partial charge in [-0.1, -0.05) is 12.1 Å². The molecule has 36 heavy (non-hydrogen) atoms. The van der Waals surface area contributed by atoms with Crippen LogP contribution >= 0.6 is 11.3 Å². The number of benzene rings is 1. The van der Waals surface area contributed by atoms with Crippen LogP contribution < -0.4 is 4.90 Å². The van der Waals surface area contributed by atoms with E-state index in [0.29, 0.717) is 32.1 Å². The van der Waals surface area contributed by atoms with Crippen LogP contribution in [0.5, 0.6) is 0 Å². The number of thiophene rings is 1. The molecule has 12 heteroatoms. The number of H-pyrrole nitrogens is 1. The zero-order valence-electron chi connectivity index (χ0n) is 20.4. The molecule has 0 bridgehead atoms. The number of hydrogen-bond acceptors (Lipinski definition) is 8. The van der Waals surface area contributed by atoms with Crippen LogP contribution in [0.1, 0.15) is 10.4 Å². The summed E-state index contributed by atoms with van der Waals surface area (Å²) in [6, 6.07) is 6.07. The minimum absolute atomic E-state index is 0.591. The standard InChI is InChI=1S/C24H29N7O3S2/c1-16-20(15-29-6-8-31(9-7-29)36(2,32)33)35-22-21(16)26-23(27-24(22)30-10-12-34-13-11-30)17-4-3-5-19-18(17)14-25-28-19/h3-5,14H,6-13,15H2,1-2H3,(H,25,28)/p+1. The first-order chi connectivity index (χ1) is 17.4. The van der Waals surface area contributed by atoms with Crippen molar-refractivity contribution < 1.29 is 13.2 Å². The molecule has 0 amide bonds. The van der Waals surface area contributed by atoms with Gasteiger partial charge in [0.05, 0.1) is 35.1 Å². The fourth-order valence-corrected chi connectivity index (χ4v) is 7.12. The molecule has 2 saturated heterocycles. The number of rotatable bonds is 5. The number of hydrogen-bond donors (Lipinski definition) is 1. The van der Waals surface area contributed by atoms with Crippen LogP contribution in [0.25, 0.3) is 32.5 Å². The average molecular weight is 529 g/mol. The molecule has 190 valence electrons. The van der Waals surface area contributed by atoms with Gasteiger partial charge < -0.3 is 9.64 Å². The van der Waals surface area contributed by atoms with Gasteiger partial charge in [0.15, 0.2) is 11.6 Å². The maximum absolute atomic E-state index is 12.0. The number of fused-ring (bicyclic) bond motifs is 2. The molecule has 0 aliphatic carbocycles. The van der Waals surface area contributed by atoms with E-state index in [4.69, 9.17) is 14.7 Å². The number of morpholine rings is 1. The summed E-state index contributed by atoms with van der Waals surface area (Å²) in [6.07, 6.45) is 3.23. The molecule has 10 nitrogen and oxygen atoms in total. The highest BCUT2D eigenvalue weighted by atomic mass is 32.2. The predicted molar refractivity (Wildman–Crippen MR) is 143 cm³/mol. The number of piperazine rings is 1. The fourth-order valence-electron chi connectivity index (χ4n) is 4.97. The molecule has 2 aliphatic rings. The van der Waals surface area contributed by atoms with Crippen LogP contribution in [0.4, 0.5) is 5.82 Å². The van der Waals surface area contributed by atoms with E-state index in [1.165, 1.54) is 16.7 Å². The number of nitrogens with zero attached hydrogens (tertiary/aromatic N) is 6. The van der Waals surface area contributed by atoms with E-state index in [2.05, 4.69) is 33.0 Å². The monoisotopic (exact) mass is 528 g/mol. The Kier molecular flexibility index (Phi) is 6.16. The van der Waals surface area contributed by atoms with Crippen molar-refractivity contribution in [1.82, 2.24) is 29.4 Å². The van der Waals surface area contributed by atoms with Crippen molar-refractivity contribution >= 4 is 48.3 Å². The van der Waals surface area contributed by atoms with Crippen molar-refractivity contribution in [2.45, 2.75) is 13.5 Å². The number of aromatic amines is 1. The lowest BCUT2D eigenvalue weighted by molar-refractivity contribution is 0.122. The van der Waals surface area contributed by atoms with E-state index in [9.17, 15) is 8.42 Å². The quantitative estimate of drug-likeness (QED) is 0.396. The Hall–Kier alpha value is -2.64. The lowest BCUT2D eigenvalue weighted by atomic mass is 10.1. The first kappa shape index (κ1) is 23.7. The Balaban J connectivity index is 1.40. The van der Waals surface area contributed by atoms with Crippen molar-refractivity contribution in [2.75, 3.05) is 63.6 Å². The normalized spacial score (nSPS) is 19.8. The van der Waals surface area contributed by atoms with Gasteiger partial charge in [-0.05, 0) is 18.6 Å².